The molecule has 0 radical (unpaired) electrons. The van der Waals surface area contributed by atoms with Crippen LogP contribution in [0.25, 0.3) is 0 Å². The van der Waals surface area contributed by atoms with E-state index in [-0.39, 0.29) is 34.4 Å². The van der Waals surface area contributed by atoms with Gasteiger partial charge in [0.05, 0.1) is 0 Å². The number of phenols is 1. The van der Waals surface area contributed by atoms with Gasteiger partial charge in [-0.1, -0.05) is 19.9 Å². The maximum atomic E-state index is 12.5. The van der Waals surface area contributed by atoms with Crippen molar-refractivity contribution >= 4 is 5.78 Å². The van der Waals surface area contributed by atoms with Crippen LogP contribution < -0.4 is 4.74 Å². The van der Waals surface area contributed by atoms with Gasteiger partial charge in [-0.25, -0.2) is 0 Å². The number of ether oxygens (including phenoxy) is 2. The van der Waals surface area contributed by atoms with Gasteiger partial charge < -0.3 is 14.6 Å². The van der Waals surface area contributed by atoms with Gasteiger partial charge >= 0.3 is 0 Å². The lowest BCUT2D eigenvalue weighted by Gasteiger charge is -2.70. The highest BCUT2D eigenvalue weighted by Crippen LogP contribution is 2.73. The molecule has 6 atom stereocenters. The van der Waals surface area contributed by atoms with Crippen molar-refractivity contribution in [3.05, 3.63) is 23.3 Å². The third-order valence-electron chi connectivity index (χ3n) is 10.2. The van der Waals surface area contributed by atoms with E-state index < -0.39 is 5.60 Å². The Morgan fingerprint density at radius 1 is 1.34 bits per heavy atom. The number of ketones is 1. The number of benzene rings is 1. The monoisotopic (exact) mass is 439 g/mol. The number of carbonyl (C=O) groups excluding carboxylic acids is 1. The molecule has 2 aliphatic heterocycles. The summed E-state index contributed by atoms with van der Waals surface area (Å²) in [4.78, 5) is 15.3. The molecule has 1 aromatic rings. The fourth-order valence-electron chi connectivity index (χ4n) is 8.81. The van der Waals surface area contributed by atoms with Crippen molar-refractivity contribution in [3.8, 4) is 11.5 Å². The average Bonchev–Trinajstić information content (AvgIpc) is 3.50. The molecule has 3 aliphatic carbocycles. The molecule has 0 unspecified atom stereocenters. The molecule has 1 saturated heterocycles. The first kappa shape index (κ1) is 21.0. The summed E-state index contributed by atoms with van der Waals surface area (Å²) < 4.78 is 13.1. The zero-order valence-corrected chi connectivity index (χ0v) is 19.9. The standard InChI is InChI=1S/C27H37NO4/c1-5-25-13-16(2)27(31-4,14-17(3)29)24-26(25)10-11-28(15-18-6-7-18)21(25)12-19-8-9-20(30)23(32-24)22(19)26/h8-9,16,18,21,24,30H,5-7,10-15H2,1-4H3/t16-,21-,24-,25-,26+,27-/m1/s1. The summed E-state index contributed by atoms with van der Waals surface area (Å²) in [6.07, 6.45) is 7.00. The highest BCUT2D eigenvalue weighted by atomic mass is 16.6. The minimum atomic E-state index is -0.673. The second-order valence-electron chi connectivity index (χ2n) is 11.5. The molecular weight excluding hydrogens is 402 g/mol. The minimum absolute atomic E-state index is 0.0646. The lowest BCUT2D eigenvalue weighted by atomic mass is 9.39. The first-order valence-corrected chi connectivity index (χ1v) is 12.6. The molecule has 5 aliphatic rings. The number of Topliss-reactive ketones (excluding diaryl/α,β-unsaturated/α-hetero) is 1. The molecule has 0 amide bonds. The second kappa shape index (κ2) is 6.73. The number of likely N-dealkylation sites (tertiary alicyclic amines) is 1. The smallest absolute Gasteiger partial charge is 0.165 e. The Bertz CT molecular complexity index is 973. The molecule has 1 spiro atoms. The van der Waals surface area contributed by atoms with E-state index in [4.69, 9.17) is 9.47 Å². The van der Waals surface area contributed by atoms with E-state index in [1.807, 2.05) is 6.07 Å². The molecule has 3 fully saturated rings. The number of piperidine rings is 1. The van der Waals surface area contributed by atoms with Crippen molar-refractivity contribution in [2.24, 2.45) is 17.3 Å². The molecule has 174 valence electrons. The van der Waals surface area contributed by atoms with Crippen molar-refractivity contribution in [2.45, 2.75) is 88.9 Å². The molecule has 6 rings (SSSR count). The Balaban J connectivity index is 1.60. The summed E-state index contributed by atoms with van der Waals surface area (Å²) in [5.41, 5.74) is 1.75. The van der Waals surface area contributed by atoms with Gasteiger partial charge in [-0.15, -0.1) is 0 Å². The Morgan fingerprint density at radius 2 is 2.12 bits per heavy atom. The lowest BCUT2D eigenvalue weighted by molar-refractivity contribution is -0.235. The molecule has 5 nitrogen and oxygen atoms in total. The van der Waals surface area contributed by atoms with Crippen LogP contribution in [0.4, 0.5) is 0 Å². The van der Waals surface area contributed by atoms with Crippen LogP contribution in [0.15, 0.2) is 12.1 Å². The van der Waals surface area contributed by atoms with Crippen LogP contribution in [0.2, 0.25) is 0 Å². The molecule has 2 bridgehead atoms. The van der Waals surface area contributed by atoms with Crippen molar-refractivity contribution in [3.63, 3.8) is 0 Å². The molecule has 0 aromatic heterocycles. The van der Waals surface area contributed by atoms with Crippen molar-refractivity contribution in [2.75, 3.05) is 20.2 Å². The maximum Gasteiger partial charge on any atom is 0.165 e. The number of carbonyl (C=O) groups is 1. The van der Waals surface area contributed by atoms with Crippen LogP contribution in [0, 0.1) is 17.3 Å². The number of hydrogen-bond acceptors (Lipinski definition) is 5. The summed E-state index contributed by atoms with van der Waals surface area (Å²) in [5, 5.41) is 10.9. The van der Waals surface area contributed by atoms with Gasteiger partial charge in [0.1, 0.15) is 17.5 Å². The fraction of sp³-hybridized carbons (Fsp3) is 0.741. The second-order valence-corrected chi connectivity index (χ2v) is 11.5. The molecule has 2 saturated carbocycles. The van der Waals surface area contributed by atoms with Crippen LogP contribution in [0.5, 0.6) is 11.5 Å². The first-order chi connectivity index (χ1) is 15.3. The van der Waals surface area contributed by atoms with Crippen molar-refractivity contribution in [1.82, 2.24) is 4.90 Å². The summed E-state index contributed by atoms with van der Waals surface area (Å²) >= 11 is 0. The number of hydrogen-bond donors (Lipinski definition) is 1. The van der Waals surface area contributed by atoms with Crippen LogP contribution in [-0.4, -0.2) is 53.7 Å². The largest absolute Gasteiger partial charge is 0.504 e. The fourth-order valence-corrected chi connectivity index (χ4v) is 8.81. The molecule has 5 heteroatoms. The number of methoxy groups -OCH3 is 1. The Hall–Kier alpha value is -1.59. The number of phenolic OH excluding ortho intramolecular Hbond substituents is 1. The third kappa shape index (κ3) is 2.34. The van der Waals surface area contributed by atoms with Crippen molar-refractivity contribution < 1.29 is 19.4 Å². The average molecular weight is 440 g/mol. The topological polar surface area (TPSA) is 59.0 Å². The Labute approximate surface area is 191 Å². The molecule has 1 aromatic carbocycles. The first-order valence-electron chi connectivity index (χ1n) is 12.6. The summed E-state index contributed by atoms with van der Waals surface area (Å²) in [6.45, 7) is 8.56. The van der Waals surface area contributed by atoms with E-state index in [1.54, 1.807) is 14.0 Å². The zero-order chi connectivity index (χ0) is 22.5. The maximum absolute atomic E-state index is 12.5. The summed E-state index contributed by atoms with van der Waals surface area (Å²) in [5.74, 6) is 2.09. The van der Waals surface area contributed by atoms with E-state index in [0.29, 0.717) is 18.2 Å². The van der Waals surface area contributed by atoms with Crippen LogP contribution in [0.1, 0.15) is 70.4 Å². The van der Waals surface area contributed by atoms with Gasteiger partial charge in [0.2, 0.25) is 0 Å². The predicted molar refractivity (Wildman–Crippen MR) is 122 cm³/mol. The highest BCUT2D eigenvalue weighted by molar-refractivity contribution is 5.77. The number of nitrogens with zero attached hydrogens (tertiary/aromatic N) is 1. The number of rotatable bonds is 6. The summed E-state index contributed by atoms with van der Waals surface area (Å²) in [6, 6.07) is 4.42. The van der Waals surface area contributed by atoms with E-state index in [9.17, 15) is 9.90 Å². The van der Waals surface area contributed by atoms with Gasteiger partial charge in [0.15, 0.2) is 11.5 Å². The Kier molecular flexibility index (Phi) is 4.41. The quantitative estimate of drug-likeness (QED) is 0.719. The highest BCUT2D eigenvalue weighted by Gasteiger charge is 2.77. The zero-order valence-electron chi connectivity index (χ0n) is 19.9. The van der Waals surface area contributed by atoms with Gasteiger partial charge in [-0.2, -0.15) is 0 Å². The third-order valence-corrected chi connectivity index (χ3v) is 10.2. The van der Waals surface area contributed by atoms with Crippen LogP contribution >= 0.6 is 0 Å². The van der Waals surface area contributed by atoms with E-state index in [2.05, 4.69) is 24.8 Å². The van der Waals surface area contributed by atoms with E-state index in [0.717, 1.165) is 38.1 Å². The van der Waals surface area contributed by atoms with E-state index in [1.165, 1.54) is 30.5 Å². The van der Waals surface area contributed by atoms with Crippen LogP contribution in [0.3, 0.4) is 0 Å². The van der Waals surface area contributed by atoms with Gasteiger partial charge in [0.25, 0.3) is 0 Å². The van der Waals surface area contributed by atoms with Gasteiger partial charge in [-0.05, 0) is 80.9 Å². The SMILES string of the molecule is CC[C@]12C[C@@H](C)[C@@](CC(C)=O)(OC)[C@@H]3Oc4c(O)ccc5c4[C@@]31CCN(CC1CC1)[C@@H]2C5. The lowest BCUT2D eigenvalue weighted by Crippen LogP contribution is -2.77. The molecule has 1 N–H and O–H groups in total. The number of aromatic hydroxyl groups is 1. The minimum Gasteiger partial charge on any atom is -0.504 e. The predicted octanol–water partition coefficient (Wildman–Crippen LogP) is 4.23. The normalized spacial score (nSPS) is 41.8. The Morgan fingerprint density at radius 3 is 2.78 bits per heavy atom. The van der Waals surface area contributed by atoms with Gasteiger partial charge in [0, 0.05) is 37.1 Å². The molecule has 2 heterocycles. The molecule has 32 heavy (non-hydrogen) atoms. The van der Waals surface area contributed by atoms with Crippen LogP contribution in [-0.2, 0) is 21.4 Å². The summed E-state index contributed by atoms with van der Waals surface area (Å²) in [7, 11) is 1.75. The molecular formula is C27H37NO4. The van der Waals surface area contributed by atoms with Crippen molar-refractivity contribution in [1.29, 1.82) is 0 Å². The van der Waals surface area contributed by atoms with Gasteiger partial charge in [-0.3, -0.25) is 9.69 Å². The van der Waals surface area contributed by atoms with E-state index >= 15 is 0 Å².